The average molecular weight is 260 g/mol. The molecular weight excluding hydrogens is 245 g/mol. The van der Waals surface area contributed by atoms with Crippen LogP contribution in [0.25, 0.3) is 0 Å². The summed E-state index contributed by atoms with van der Waals surface area (Å²) in [4.78, 5) is 0. The average Bonchev–Trinajstić information content (AvgIpc) is 3.04. The number of methoxy groups -OCH3 is 1. The van der Waals surface area contributed by atoms with Crippen LogP contribution in [-0.2, 0) is 0 Å². The number of halogens is 2. The fraction of sp³-hybridized carbons (Fsp3) is 0.500. The number of benzene rings is 1. The molecule has 1 fully saturated rings. The molecule has 4 heteroatoms. The van der Waals surface area contributed by atoms with E-state index in [2.05, 4.69) is 0 Å². The van der Waals surface area contributed by atoms with Gasteiger partial charge < -0.3 is 10.5 Å². The van der Waals surface area contributed by atoms with Gasteiger partial charge in [0.25, 0.3) is 0 Å². The molecule has 2 N–H and O–H groups in total. The van der Waals surface area contributed by atoms with E-state index in [9.17, 15) is 0 Å². The molecule has 2 rings (SSSR count). The monoisotopic (exact) mass is 259 g/mol. The zero-order valence-electron chi connectivity index (χ0n) is 9.17. The van der Waals surface area contributed by atoms with E-state index >= 15 is 0 Å². The van der Waals surface area contributed by atoms with Crippen molar-refractivity contribution in [2.24, 2.45) is 11.7 Å². The van der Waals surface area contributed by atoms with E-state index in [1.54, 1.807) is 13.2 Å². The van der Waals surface area contributed by atoms with Crippen molar-refractivity contribution in [1.29, 1.82) is 0 Å². The highest BCUT2D eigenvalue weighted by atomic mass is 35.5. The maximum atomic E-state index is 6.16. The third-order valence-electron chi connectivity index (χ3n) is 2.95. The van der Waals surface area contributed by atoms with Crippen molar-refractivity contribution in [3.63, 3.8) is 0 Å². The number of ether oxygens (including phenoxy) is 1. The highest BCUT2D eigenvalue weighted by Crippen LogP contribution is 2.40. The minimum Gasteiger partial charge on any atom is -0.495 e. The molecule has 0 saturated heterocycles. The Hall–Kier alpha value is -0.440. The van der Waals surface area contributed by atoms with Crippen LogP contribution in [0.3, 0.4) is 0 Å². The van der Waals surface area contributed by atoms with E-state index in [1.807, 2.05) is 6.07 Å². The van der Waals surface area contributed by atoms with Crippen LogP contribution in [-0.4, -0.2) is 7.11 Å². The van der Waals surface area contributed by atoms with E-state index < -0.39 is 0 Å². The van der Waals surface area contributed by atoms with Crippen LogP contribution in [0.1, 0.15) is 30.9 Å². The van der Waals surface area contributed by atoms with E-state index in [1.165, 1.54) is 12.8 Å². The molecule has 1 atom stereocenters. The van der Waals surface area contributed by atoms with Crippen LogP contribution in [0.15, 0.2) is 12.1 Å². The third-order valence-corrected chi connectivity index (χ3v) is 3.58. The number of rotatable bonds is 4. The van der Waals surface area contributed by atoms with Crippen molar-refractivity contribution in [3.8, 4) is 5.75 Å². The van der Waals surface area contributed by atoms with E-state index in [0.29, 0.717) is 15.8 Å². The smallest absolute Gasteiger partial charge is 0.138 e. The summed E-state index contributed by atoms with van der Waals surface area (Å²) in [6.45, 7) is 0. The van der Waals surface area contributed by atoms with Crippen molar-refractivity contribution >= 4 is 23.2 Å². The first-order valence-corrected chi connectivity index (χ1v) is 6.16. The number of nitrogens with two attached hydrogens (primary N) is 1. The molecule has 0 spiro atoms. The lowest BCUT2D eigenvalue weighted by Gasteiger charge is -2.15. The van der Waals surface area contributed by atoms with Crippen molar-refractivity contribution in [2.45, 2.75) is 25.3 Å². The van der Waals surface area contributed by atoms with Crippen LogP contribution < -0.4 is 10.5 Å². The van der Waals surface area contributed by atoms with Crippen molar-refractivity contribution in [1.82, 2.24) is 0 Å². The topological polar surface area (TPSA) is 35.2 Å². The molecule has 0 aromatic heterocycles. The second-order valence-electron chi connectivity index (χ2n) is 4.29. The van der Waals surface area contributed by atoms with Gasteiger partial charge in [-0.25, -0.2) is 0 Å². The Morgan fingerprint density at radius 2 is 2.06 bits per heavy atom. The molecule has 1 aromatic rings. The lowest BCUT2D eigenvalue weighted by Crippen LogP contribution is -2.11. The molecule has 0 bridgehead atoms. The molecule has 1 aliphatic carbocycles. The maximum absolute atomic E-state index is 6.16. The summed E-state index contributed by atoms with van der Waals surface area (Å²) in [5.74, 6) is 1.36. The first kappa shape index (κ1) is 12.0. The standard InChI is InChI=1S/C12H15Cl2NO/c1-16-12-6-9(13)8(5-10(12)14)11(15)4-7-2-3-7/h5-7,11H,2-4,15H2,1H3. The maximum Gasteiger partial charge on any atom is 0.138 e. The van der Waals surface area contributed by atoms with Crippen LogP contribution in [0, 0.1) is 5.92 Å². The Morgan fingerprint density at radius 3 is 2.62 bits per heavy atom. The Kier molecular flexibility index (Phi) is 3.63. The highest BCUT2D eigenvalue weighted by molar-refractivity contribution is 6.34. The summed E-state index contributed by atoms with van der Waals surface area (Å²) in [7, 11) is 1.57. The van der Waals surface area contributed by atoms with Crippen LogP contribution >= 0.6 is 23.2 Å². The highest BCUT2D eigenvalue weighted by Gasteiger charge is 2.25. The Labute approximate surface area is 106 Å². The molecule has 2 nitrogen and oxygen atoms in total. The Morgan fingerprint density at radius 1 is 1.38 bits per heavy atom. The molecule has 1 saturated carbocycles. The van der Waals surface area contributed by atoms with Crippen molar-refractivity contribution < 1.29 is 4.74 Å². The van der Waals surface area contributed by atoms with Gasteiger partial charge in [0.05, 0.1) is 12.1 Å². The molecule has 0 aliphatic heterocycles. The SMILES string of the molecule is COc1cc(Cl)c(C(N)CC2CC2)cc1Cl. The lowest BCUT2D eigenvalue weighted by atomic mass is 10.0. The van der Waals surface area contributed by atoms with Gasteiger partial charge in [0.2, 0.25) is 0 Å². The van der Waals surface area contributed by atoms with E-state index in [-0.39, 0.29) is 6.04 Å². The summed E-state index contributed by atoms with van der Waals surface area (Å²) < 4.78 is 5.10. The third kappa shape index (κ3) is 2.62. The van der Waals surface area contributed by atoms with Gasteiger partial charge in [-0.05, 0) is 24.0 Å². The van der Waals surface area contributed by atoms with Gasteiger partial charge in [-0.3, -0.25) is 0 Å². The molecule has 0 radical (unpaired) electrons. The summed E-state index contributed by atoms with van der Waals surface area (Å²) in [5, 5.41) is 1.20. The summed E-state index contributed by atoms with van der Waals surface area (Å²) >= 11 is 12.2. The van der Waals surface area contributed by atoms with Gasteiger partial charge in [0.1, 0.15) is 5.75 Å². The summed E-state index contributed by atoms with van der Waals surface area (Å²) in [5.41, 5.74) is 7.03. The van der Waals surface area contributed by atoms with Crippen LogP contribution in [0.5, 0.6) is 5.75 Å². The zero-order valence-corrected chi connectivity index (χ0v) is 10.7. The van der Waals surface area contributed by atoms with Gasteiger partial charge in [-0.2, -0.15) is 0 Å². The van der Waals surface area contributed by atoms with E-state index in [4.69, 9.17) is 33.7 Å². The molecule has 16 heavy (non-hydrogen) atoms. The van der Waals surface area contributed by atoms with Gasteiger partial charge in [-0.1, -0.05) is 36.0 Å². The first-order chi connectivity index (χ1) is 7.61. The summed E-state index contributed by atoms with van der Waals surface area (Å²) in [6, 6.07) is 3.52. The Balaban J connectivity index is 2.21. The minimum absolute atomic E-state index is 0.0246. The first-order valence-electron chi connectivity index (χ1n) is 5.40. The second kappa shape index (κ2) is 4.82. The predicted octanol–water partition coefficient (Wildman–Crippen LogP) is 3.80. The van der Waals surface area contributed by atoms with Crippen molar-refractivity contribution in [3.05, 3.63) is 27.7 Å². The van der Waals surface area contributed by atoms with Crippen LogP contribution in [0.4, 0.5) is 0 Å². The summed E-state index contributed by atoms with van der Waals surface area (Å²) in [6.07, 6.45) is 3.56. The lowest BCUT2D eigenvalue weighted by molar-refractivity contribution is 0.414. The normalized spacial score (nSPS) is 17.2. The number of hydrogen-bond acceptors (Lipinski definition) is 2. The Bertz CT molecular complexity index is 391. The molecule has 1 unspecified atom stereocenters. The zero-order chi connectivity index (χ0) is 11.7. The van der Waals surface area contributed by atoms with Crippen molar-refractivity contribution in [2.75, 3.05) is 7.11 Å². The van der Waals surface area contributed by atoms with Crippen LogP contribution in [0.2, 0.25) is 10.0 Å². The molecule has 88 valence electrons. The fourth-order valence-corrected chi connectivity index (χ4v) is 2.37. The molecule has 0 amide bonds. The largest absolute Gasteiger partial charge is 0.495 e. The molecule has 0 heterocycles. The van der Waals surface area contributed by atoms with Gasteiger partial charge in [-0.15, -0.1) is 0 Å². The molecule has 1 aromatic carbocycles. The minimum atomic E-state index is -0.0246. The van der Waals surface area contributed by atoms with Gasteiger partial charge in [0.15, 0.2) is 0 Å². The quantitative estimate of drug-likeness (QED) is 0.893. The fourth-order valence-electron chi connectivity index (χ4n) is 1.82. The number of hydrogen-bond donors (Lipinski definition) is 1. The van der Waals surface area contributed by atoms with Gasteiger partial charge >= 0.3 is 0 Å². The van der Waals surface area contributed by atoms with Gasteiger partial charge in [0, 0.05) is 17.1 Å². The van der Waals surface area contributed by atoms with E-state index in [0.717, 1.165) is 17.9 Å². The predicted molar refractivity (Wildman–Crippen MR) is 67.3 cm³/mol. The second-order valence-corrected chi connectivity index (χ2v) is 5.11. The molecule has 1 aliphatic rings. The molecular formula is C12H15Cl2NO.